The lowest BCUT2D eigenvalue weighted by atomic mass is 10.1. The molecule has 0 spiro atoms. The Morgan fingerprint density at radius 2 is 1.77 bits per heavy atom. The van der Waals surface area contributed by atoms with Gasteiger partial charge in [-0.25, -0.2) is 0 Å². The predicted molar refractivity (Wildman–Crippen MR) is 123 cm³/mol. The van der Waals surface area contributed by atoms with Crippen molar-refractivity contribution in [1.82, 2.24) is 0 Å². The molecule has 0 aliphatic carbocycles. The van der Waals surface area contributed by atoms with E-state index in [1.807, 2.05) is 49.7 Å². The molecule has 0 aliphatic rings. The van der Waals surface area contributed by atoms with Gasteiger partial charge in [-0.1, -0.05) is 6.07 Å². The van der Waals surface area contributed by atoms with Crippen molar-refractivity contribution in [3.63, 3.8) is 0 Å². The Bertz CT molecular complexity index is 1020. The highest BCUT2D eigenvalue weighted by Gasteiger charge is 2.16. The number of ether oxygens (including phenoxy) is 1. The molecule has 3 aromatic rings. The van der Waals surface area contributed by atoms with Crippen molar-refractivity contribution in [2.45, 2.75) is 26.4 Å². The van der Waals surface area contributed by atoms with E-state index in [-0.39, 0.29) is 18.4 Å². The third kappa shape index (κ3) is 5.84. The first-order valence-corrected chi connectivity index (χ1v) is 10.4. The Hall–Kier alpha value is -3.32. The van der Waals surface area contributed by atoms with Gasteiger partial charge in [-0.15, -0.1) is 0 Å². The fraction of sp³-hybridized carbons (Fsp3) is 0.217. The number of hydrogen-bond donors (Lipinski definition) is 3. The van der Waals surface area contributed by atoms with Crippen molar-refractivity contribution in [1.29, 1.82) is 0 Å². The van der Waals surface area contributed by atoms with Crippen LogP contribution in [-0.2, 0) is 9.53 Å². The lowest BCUT2D eigenvalue weighted by Gasteiger charge is -2.19. The van der Waals surface area contributed by atoms with Crippen LogP contribution in [0.1, 0.15) is 31.1 Å². The second kappa shape index (κ2) is 9.00. The van der Waals surface area contributed by atoms with Crippen LogP contribution in [0.3, 0.4) is 0 Å². The van der Waals surface area contributed by atoms with E-state index in [0.717, 1.165) is 16.8 Å². The number of esters is 1. The van der Waals surface area contributed by atoms with Gasteiger partial charge in [-0.3, -0.25) is 9.59 Å². The van der Waals surface area contributed by atoms with Crippen molar-refractivity contribution < 1.29 is 14.3 Å². The van der Waals surface area contributed by atoms with Crippen LogP contribution in [-0.4, -0.2) is 24.0 Å². The van der Waals surface area contributed by atoms with Gasteiger partial charge in [0.25, 0.3) is 5.91 Å². The molecule has 1 aromatic heterocycles. The summed E-state index contributed by atoms with van der Waals surface area (Å²) in [4.78, 5) is 24.4. The van der Waals surface area contributed by atoms with Crippen LogP contribution in [0.15, 0.2) is 59.3 Å². The molecule has 0 fully saturated rings. The van der Waals surface area contributed by atoms with E-state index in [9.17, 15) is 9.59 Å². The van der Waals surface area contributed by atoms with Gasteiger partial charge >= 0.3 is 5.97 Å². The maximum Gasteiger partial charge on any atom is 0.325 e. The van der Waals surface area contributed by atoms with Crippen molar-refractivity contribution in [3.8, 4) is 11.1 Å². The molecule has 0 aliphatic heterocycles. The predicted octanol–water partition coefficient (Wildman–Crippen LogP) is 5.00. The van der Waals surface area contributed by atoms with Crippen LogP contribution in [0, 0.1) is 0 Å². The molecule has 7 heteroatoms. The first-order chi connectivity index (χ1) is 14.2. The average molecular weight is 424 g/mol. The van der Waals surface area contributed by atoms with Gasteiger partial charge in [0.05, 0.1) is 11.4 Å². The van der Waals surface area contributed by atoms with Crippen LogP contribution in [0.4, 0.5) is 17.1 Å². The SMILES string of the molecule is CC(C)(C)OC(=O)CNc1ccc(C(=O)Nc2cc(-c3ccsc3)ccc2N)cc1. The standard InChI is InChI=1S/C23H25N3O3S/c1-23(2,3)29-21(27)13-25-18-7-4-15(5-8-18)22(28)26-20-12-16(6-9-19(20)24)17-10-11-30-14-17/h4-12,14,25H,13,24H2,1-3H3,(H,26,28). The number of nitrogens with two attached hydrogens (primary N) is 1. The maximum absolute atomic E-state index is 12.6. The van der Waals surface area contributed by atoms with Crippen molar-refractivity contribution in [3.05, 3.63) is 64.9 Å². The highest BCUT2D eigenvalue weighted by Crippen LogP contribution is 2.29. The van der Waals surface area contributed by atoms with Gasteiger partial charge in [-0.2, -0.15) is 11.3 Å². The number of thiophene rings is 1. The molecule has 1 amide bonds. The first-order valence-electron chi connectivity index (χ1n) is 9.50. The molecule has 0 bridgehead atoms. The summed E-state index contributed by atoms with van der Waals surface area (Å²) in [5, 5.41) is 9.90. The zero-order valence-corrected chi connectivity index (χ0v) is 18.0. The van der Waals surface area contributed by atoms with Crippen LogP contribution in [0.2, 0.25) is 0 Å². The second-order valence-corrected chi connectivity index (χ2v) is 8.57. The third-order valence-corrected chi connectivity index (χ3v) is 4.84. The first kappa shape index (κ1) is 21.4. The minimum Gasteiger partial charge on any atom is -0.459 e. The summed E-state index contributed by atoms with van der Waals surface area (Å²) >= 11 is 1.61. The Labute approximate surface area is 180 Å². The largest absolute Gasteiger partial charge is 0.459 e. The number of carbonyl (C=O) groups is 2. The van der Waals surface area contributed by atoms with Gasteiger partial charge in [0.2, 0.25) is 0 Å². The van der Waals surface area contributed by atoms with E-state index in [4.69, 9.17) is 10.5 Å². The van der Waals surface area contributed by atoms with Crippen molar-refractivity contribution >= 4 is 40.3 Å². The fourth-order valence-electron chi connectivity index (χ4n) is 2.76. The van der Waals surface area contributed by atoms with Crippen LogP contribution >= 0.6 is 11.3 Å². The monoisotopic (exact) mass is 423 g/mol. The van der Waals surface area contributed by atoms with Crippen LogP contribution < -0.4 is 16.4 Å². The Balaban J connectivity index is 1.63. The molecular formula is C23H25N3O3S. The molecule has 0 radical (unpaired) electrons. The van der Waals surface area contributed by atoms with Crippen molar-refractivity contribution in [2.75, 3.05) is 22.9 Å². The fourth-order valence-corrected chi connectivity index (χ4v) is 3.42. The third-order valence-electron chi connectivity index (χ3n) is 4.16. The quantitative estimate of drug-likeness (QED) is 0.383. The summed E-state index contributed by atoms with van der Waals surface area (Å²) in [6.45, 7) is 5.51. The molecule has 0 saturated carbocycles. The number of anilines is 3. The minimum absolute atomic E-state index is 0.0503. The maximum atomic E-state index is 12.6. The molecule has 0 unspecified atom stereocenters. The highest BCUT2D eigenvalue weighted by molar-refractivity contribution is 7.08. The lowest BCUT2D eigenvalue weighted by Crippen LogP contribution is -2.28. The number of rotatable bonds is 6. The number of benzene rings is 2. The van der Waals surface area contributed by atoms with Gasteiger partial charge in [0.1, 0.15) is 12.1 Å². The van der Waals surface area contributed by atoms with Crippen molar-refractivity contribution in [2.24, 2.45) is 0 Å². The van der Waals surface area contributed by atoms with Crippen LogP contribution in [0.5, 0.6) is 0 Å². The second-order valence-electron chi connectivity index (χ2n) is 7.79. The average Bonchev–Trinajstić information content (AvgIpc) is 3.22. The molecule has 1 heterocycles. The topological polar surface area (TPSA) is 93.4 Å². The summed E-state index contributed by atoms with van der Waals surface area (Å²) in [5.41, 5.74) is 9.85. The normalized spacial score (nSPS) is 11.0. The smallest absolute Gasteiger partial charge is 0.325 e. The zero-order valence-electron chi connectivity index (χ0n) is 17.2. The summed E-state index contributed by atoms with van der Waals surface area (Å²) < 4.78 is 5.26. The van der Waals surface area contributed by atoms with E-state index in [1.54, 1.807) is 41.7 Å². The van der Waals surface area contributed by atoms with E-state index >= 15 is 0 Å². The van der Waals surface area contributed by atoms with E-state index in [0.29, 0.717) is 16.9 Å². The summed E-state index contributed by atoms with van der Waals surface area (Å²) in [6.07, 6.45) is 0. The molecule has 2 aromatic carbocycles. The molecule has 30 heavy (non-hydrogen) atoms. The van der Waals surface area contributed by atoms with Gasteiger partial charge in [0.15, 0.2) is 0 Å². The Kier molecular flexibility index (Phi) is 6.42. The molecule has 0 saturated heterocycles. The summed E-state index contributed by atoms with van der Waals surface area (Å²) in [6, 6.07) is 14.5. The number of carbonyl (C=O) groups excluding carboxylic acids is 2. The molecule has 4 N–H and O–H groups in total. The van der Waals surface area contributed by atoms with Gasteiger partial charge in [0, 0.05) is 11.3 Å². The summed E-state index contributed by atoms with van der Waals surface area (Å²) in [5.74, 6) is -0.604. The Morgan fingerprint density at radius 3 is 2.40 bits per heavy atom. The van der Waals surface area contributed by atoms with Gasteiger partial charge in [-0.05, 0) is 85.1 Å². The summed E-state index contributed by atoms with van der Waals surface area (Å²) in [7, 11) is 0. The number of nitrogens with one attached hydrogen (secondary N) is 2. The van der Waals surface area contributed by atoms with E-state index < -0.39 is 5.60 Å². The molecule has 156 valence electrons. The Morgan fingerprint density at radius 1 is 1.03 bits per heavy atom. The van der Waals surface area contributed by atoms with Gasteiger partial charge < -0.3 is 21.1 Å². The molecule has 6 nitrogen and oxygen atoms in total. The minimum atomic E-state index is -0.525. The number of nitrogen functional groups attached to an aromatic ring is 1. The zero-order chi connectivity index (χ0) is 21.7. The number of hydrogen-bond acceptors (Lipinski definition) is 6. The molecule has 3 rings (SSSR count). The van der Waals surface area contributed by atoms with E-state index in [2.05, 4.69) is 10.6 Å². The number of amides is 1. The molecular weight excluding hydrogens is 398 g/mol. The van der Waals surface area contributed by atoms with E-state index in [1.165, 1.54) is 0 Å². The molecule has 0 atom stereocenters. The van der Waals surface area contributed by atoms with Crippen LogP contribution in [0.25, 0.3) is 11.1 Å². The lowest BCUT2D eigenvalue weighted by molar-refractivity contribution is -0.152. The highest BCUT2D eigenvalue weighted by atomic mass is 32.1.